The minimum absolute atomic E-state index is 0.119. The summed E-state index contributed by atoms with van der Waals surface area (Å²) in [5.41, 5.74) is 1.06. The van der Waals surface area contributed by atoms with E-state index in [-0.39, 0.29) is 6.10 Å². The Kier molecular flexibility index (Phi) is 3.08. The SMILES string of the molecule is Clc1cc(C2CC2)nc(C2CSc3ccccc3O2)n1. The minimum atomic E-state index is -0.119. The van der Waals surface area contributed by atoms with Crippen molar-refractivity contribution in [2.24, 2.45) is 0 Å². The molecule has 3 nitrogen and oxygen atoms in total. The molecule has 1 aromatic carbocycles. The molecule has 1 saturated carbocycles. The summed E-state index contributed by atoms with van der Waals surface area (Å²) < 4.78 is 6.02. The second-order valence-electron chi connectivity index (χ2n) is 5.11. The van der Waals surface area contributed by atoms with Gasteiger partial charge in [0.15, 0.2) is 11.9 Å². The van der Waals surface area contributed by atoms with Gasteiger partial charge in [-0.05, 0) is 31.0 Å². The first-order valence-electron chi connectivity index (χ1n) is 6.72. The fraction of sp³-hybridized carbons (Fsp3) is 0.333. The van der Waals surface area contributed by atoms with Crippen LogP contribution in [0.5, 0.6) is 5.75 Å². The maximum atomic E-state index is 6.13. The summed E-state index contributed by atoms with van der Waals surface area (Å²) in [6.07, 6.45) is 2.29. The van der Waals surface area contributed by atoms with E-state index in [2.05, 4.69) is 16.0 Å². The number of nitrogens with zero attached hydrogens (tertiary/aromatic N) is 2. The number of benzene rings is 1. The van der Waals surface area contributed by atoms with Crippen LogP contribution in [-0.2, 0) is 0 Å². The Labute approximate surface area is 126 Å². The highest BCUT2D eigenvalue weighted by Gasteiger charge is 2.29. The van der Waals surface area contributed by atoms with E-state index < -0.39 is 0 Å². The monoisotopic (exact) mass is 304 g/mol. The third-order valence-corrected chi connectivity index (χ3v) is 4.84. The van der Waals surface area contributed by atoms with Crippen molar-refractivity contribution in [3.63, 3.8) is 0 Å². The molecule has 20 heavy (non-hydrogen) atoms. The molecule has 2 heterocycles. The van der Waals surface area contributed by atoms with E-state index in [9.17, 15) is 0 Å². The van der Waals surface area contributed by atoms with Crippen LogP contribution in [0.3, 0.4) is 0 Å². The number of fused-ring (bicyclic) bond motifs is 1. The summed E-state index contributed by atoms with van der Waals surface area (Å²) in [5, 5.41) is 0.518. The zero-order valence-corrected chi connectivity index (χ0v) is 12.3. The van der Waals surface area contributed by atoms with Crippen LogP contribution in [0.2, 0.25) is 5.15 Å². The van der Waals surface area contributed by atoms with Crippen molar-refractivity contribution in [3.05, 3.63) is 47.0 Å². The lowest BCUT2D eigenvalue weighted by Gasteiger charge is -2.24. The van der Waals surface area contributed by atoms with Crippen molar-refractivity contribution in [2.45, 2.75) is 29.8 Å². The highest BCUT2D eigenvalue weighted by atomic mass is 35.5. The number of halogens is 1. The van der Waals surface area contributed by atoms with Crippen LogP contribution in [0, 0.1) is 0 Å². The first-order valence-corrected chi connectivity index (χ1v) is 8.09. The van der Waals surface area contributed by atoms with Gasteiger partial charge < -0.3 is 4.74 Å². The van der Waals surface area contributed by atoms with Crippen LogP contribution in [0.25, 0.3) is 0 Å². The molecule has 4 rings (SSSR count). The maximum absolute atomic E-state index is 6.13. The van der Waals surface area contributed by atoms with E-state index in [1.165, 1.54) is 17.7 Å². The van der Waals surface area contributed by atoms with Crippen molar-refractivity contribution in [3.8, 4) is 5.75 Å². The van der Waals surface area contributed by atoms with Crippen LogP contribution < -0.4 is 4.74 Å². The predicted octanol–water partition coefficient (Wildman–Crippen LogP) is 4.23. The third kappa shape index (κ3) is 2.38. The highest BCUT2D eigenvalue weighted by molar-refractivity contribution is 7.99. The molecule has 0 radical (unpaired) electrons. The van der Waals surface area contributed by atoms with Gasteiger partial charge in [-0.25, -0.2) is 9.97 Å². The fourth-order valence-corrected chi connectivity index (χ4v) is 3.51. The Balaban J connectivity index is 1.65. The Morgan fingerprint density at radius 3 is 2.90 bits per heavy atom. The quantitative estimate of drug-likeness (QED) is 0.778. The van der Waals surface area contributed by atoms with Gasteiger partial charge in [-0.3, -0.25) is 0 Å². The number of para-hydroxylation sites is 1. The highest BCUT2D eigenvalue weighted by Crippen LogP contribution is 2.42. The third-order valence-electron chi connectivity index (χ3n) is 3.52. The maximum Gasteiger partial charge on any atom is 0.171 e. The molecule has 1 unspecified atom stereocenters. The molecule has 5 heteroatoms. The average molecular weight is 305 g/mol. The topological polar surface area (TPSA) is 35.0 Å². The summed E-state index contributed by atoms with van der Waals surface area (Å²) in [6.45, 7) is 0. The van der Waals surface area contributed by atoms with Crippen molar-refractivity contribution >= 4 is 23.4 Å². The minimum Gasteiger partial charge on any atom is -0.480 e. The van der Waals surface area contributed by atoms with Crippen molar-refractivity contribution in [1.82, 2.24) is 9.97 Å². The van der Waals surface area contributed by atoms with Gasteiger partial charge in [0.25, 0.3) is 0 Å². The molecule has 0 N–H and O–H groups in total. The molecule has 102 valence electrons. The number of hydrogen-bond donors (Lipinski definition) is 0. The molecule has 1 atom stereocenters. The molecule has 0 spiro atoms. The predicted molar refractivity (Wildman–Crippen MR) is 79.6 cm³/mol. The van der Waals surface area contributed by atoms with Crippen LogP contribution in [-0.4, -0.2) is 15.7 Å². The van der Waals surface area contributed by atoms with Crippen LogP contribution in [0.1, 0.15) is 36.4 Å². The van der Waals surface area contributed by atoms with E-state index in [0.29, 0.717) is 16.9 Å². The van der Waals surface area contributed by atoms with Gasteiger partial charge in [0.05, 0.1) is 0 Å². The number of aromatic nitrogens is 2. The lowest BCUT2D eigenvalue weighted by Crippen LogP contribution is -2.18. The van der Waals surface area contributed by atoms with Gasteiger partial charge in [-0.15, -0.1) is 11.8 Å². The first kappa shape index (κ1) is 12.5. The van der Waals surface area contributed by atoms with Gasteiger partial charge in [0.1, 0.15) is 10.9 Å². The lowest BCUT2D eigenvalue weighted by molar-refractivity contribution is 0.210. The van der Waals surface area contributed by atoms with Crippen LogP contribution >= 0.6 is 23.4 Å². The molecule has 1 aliphatic heterocycles. The number of thioether (sulfide) groups is 1. The molecule has 1 fully saturated rings. The Morgan fingerprint density at radius 1 is 1.20 bits per heavy atom. The van der Waals surface area contributed by atoms with Crippen LogP contribution in [0.4, 0.5) is 0 Å². The normalized spacial score (nSPS) is 21.1. The summed E-state index contributed by atoms with van der Waals surface area (Å²) >= 11 is 7.91. The summed E-state index contributed by atoms with van der Waals surface area (Å²) in [7, 11) is 0. The average Bonchev–Trinajstić information content (AvgIpc) is 3.31. The molecule has 0 amide bonds. The zero-order chi connectivity index (χ0) is 13.5. The van der Waals surface area contributed by atoms with Crippen molar-refractivity contribution in [2.75, 3.05) is 5.75 Å². The van der Waals surface area contributed by atoms with Crippen LogP contribution in [0.15, 0.2) is 35.2 Å². The van der Waals surface area contributed by atoms with Gasteiger partial charge in [0, 0.05) is 22.3 Å². The largest absolute Gasteiger partial charge is 0.480 e. The molecule has 1 aliphatic carbocycles. The molecular weight excluding hydrogens is 292 g/mol. The summed E-state index contributed by atoms with van der Waals surface area (Å²) in [4.78, 5) is 10.2. The van der Waals surface area contributed by atoms with E-state index in [4.69, 9.17) is 16.3 Å². The molecular formula is C15H13ClN2OS. The smallest absolute Gasteiger partial charge is 0.171 e. The summed E-state index contributed by atoms with van der Waals surface area (Å²) in [5.74, 6) is 3.01. The van der Waals surface area contributed by atoms with Crippen molar-refractivity contribution in [1.29, 1.82) is 0 Å². The number of rotatable bonds is 2. The molecule has 0 saturated heterocycles. The first-order chi connectivity index (χ1) is 9.79. The standard InChI is InChI=1S/C15H13ClN2OS/c16-14-7-10(9-5-6-9)17-15(18-14)12-8-20-13-4-2-1-3-11(13)19-12/h1-4,7,9,12H,5-6,8H2. The van der Waals surface area contributed by atoms with E-state index >= 15 is 0 Å². The zero-order valence-electron chi connectivity index (χ0n) is 10.8. The molecule has 2 aromatic rings. The second-order valence-corrected chi connectivity index (χ2v) is 6.56. The summed E-state index contributed by atoms with van der Waals surface area (Å²) in [6, 6.07) is 9.95. The molecule has 0 bridgehead atoms. The van der Waals surface area contributed by atoms with Crippen molar-refractivity contribution < 1.29 is 4.74 Å². The van der Waals surface area contributed by atoms with E-state index in [0.717, 1.165) is 17.2 Å². The van der Waals surface area contributed by atoms with E-state index in [1.807, 2.05) is 24.3 Å². The van der Waals surface area contributed by atoms with Gasteiger partial charge in [-0.1, -0.05) is 23.7 Å². The second kappa shape index (κ2) is 4.93. The number of hydrogen-bond acceptors (Lipinski definition) is 4. The van der Waals surface area contributed by atoms with Gasteiger partial charge in [0.2, 0.25) is 0 Å². The number of ether oxygens (including phenoxy) is 1. The Bertz CT molecular complexity index is 660. The van der Waals surface area contributed by atoms with Gasteiger partial charge >= 0.3 is 0 Å². The Morgan fingerprint density at radius 2 is 2.05 bits per heavy atom. The molecule has 2 aliphatic rings. The Hall–Kier alpha value is -1.26. The van der Waals surface area contributed by atoms with E-state index in [1.54, 1.807) is 11.8 Å². The lowest BCUT2D eigenvalue weighted by atomic mass is 10.2. The molecule has 1 aromatic heterocycles. The fourth-order valence-electron chi connectivity index (χ4n) is 2.33. The van der Waals surface area contributed by atoms with Gasteiger partial charge in [-0.2, -0.15) is 0 Å².